The fraction of sp³-hybridized carbons (Fsp3) is 0.154. The molecule has 0 bridgehead atoms. The van der Waals surface area contributed by atoms with Crippen LogP contribution in [-0.4, -0.2) is 4.92 Å². The minimum atomic E-state index is -0.375. The van der Waals surface area contributed by atoms with Crippen LogP contribution in [0.4, 0.5) is 5.69 Å². The van der Waals surface area contributed by atoms with E-state index in [1.165, 1.54) is 11.6 Å². The van der Waals surface area contributed by atoms with Crippen molar-refractivity contribution in [3.63, 3.8) is 0 Å². The lowest BCUT2D eigenvalue weighted by Gasteiger charge is -2.00. The molecule has 17 heavy (non-hydrogen) atoms. The Kier molecular flexibility index (Phi) is 3.14. The summed E-state index contributed by atoms with van der Waals surface area (Å²) in [5.41, 5.74) is 2.18. The molecule has 2 aromatic rings. The maximum absolute atomic E-state index is 10.6. The molecule has 0 aliphatic carbocycles. The fourth-order valence-corrected chi connectivity index (χ4v) is 1.70. The van der Waals surface area contributed by atoms with Crippen LogP contribution in [0.2, 0.25) is 0 Å². The van der Waals surface area contributed by atoms with Crippen molar-refractivity contribution in [3.05, 3.63) is 70.0 Å². The zero-order valence-corrected chi connectivity index (χ0v) is 9.54. The van der Waals surface area contributed by atoms with Crippen molar-refractivity contribution in [1.29, 1.82) is 0 Å². The minimum absolute atomic E-state index is 0.131. The SMILES string of the molecule is Cc1cc([N+](=O)[O-])cc[n+]1Cc1ccccc1. The van der Waals surface area contributed by atoms with Gasteiger partial charge in [-0.2, -0.15) is 4.57 Å². The molecule has 0 unspecified atom stereocenters. The van der Waals surface area contributed by atoms with Crippen LogP contribution in [0, 0.1) is 17.0 Å². The van der Waals surface area contributed by atoms with E-state index < -0.39 is 0 Å². The molecule has 4 nitrogen and oxygen atoms in total. The summed E-state index contributed by atoms with van der Waals surface area (Å²) in [6, 6.07) is 13.1. The topological polar surface area (TPSA) is 47.0 Å². The van der Waals surface area contributed by atoms with E-state index in [2.05, 4.69) is 0 Å². The van der Waals surface area contributed by atoms with Gasteiger partial charge >= 0.3 is 0 Å². The van der Waals surface area contributed by atoms with Crippen LogP contribution in [0.25, 0.3) is 0 Å². The van der Waals surface area contributed by atoms with E-state index >= 15 is 0 Å². The number of nitrogens with zero attached hydrogens (tertiary/aromatic N) is 2. The number of rotatable bonds is 3. The van der Waals surface area contributed by atoms with Gasteiger partial charge in [0.2, 0.25) is 0 Å². The lowest BCUT2D eigenvalue weighted by molar-refractivity contribution is -0.694. The Morgan fingerprint density at radius 3 is 2.53 bits per heavy atom. The summed E-state index contributed by atoms with van der Waals surface area (Å²) in [4.78, 5) is 10.2. The van der Waals surface area contributed by atoms with Crippen LogP contribution in [0.3, 0.4) is 0 Å². The summed E-state index contributed by atoms with van der Waals surface area (Å²) >= 11 is 0. The first-order chi connectivity index (χ1) is 8.16. The van der Waals surface area contributed by atoms with E-state index in [4.69, 9.17) is 0 Å². The number of pyridine rings is 1. The quantitative estimate of drug-likeness (QED) is 0.460. The standard InChI is InChI=1S/C13H13N2O2/c1-11-9-13(15(16)17)7-8-14(11)10-12-5-3-2-4-6-12/h2-9H,10H2,1H3/q+1. The molecule has 0 atom stereocenters. The average molecular weight is 229 g/mol. The Labute approximate surface area is 99.3 Å². The lowest BCUT2D eigenvalue weighted by atomic mass is 10.2. The van der Waals surface area contributed by atoms with Crippen molar-refractivity contribution >= 4 is 5.69 Å². The number of hydrogen-bond donors (Lipinski definition) is 0. The maximum Gasteiger partial charge on any atom is 0.281 e. The van der Waals surface area contributed by atoms with Crippen LogP contribution in [-0.2, 0) is 6.54 Å². The molecule has 0 saturated heterocycles. The number of hydrogen-bond acceptors (Lipinski definition) is 2. The van der Waals surface area contributed by atoms with E-state index in [1.54, 1.807) is 12.3 Å². The normalized spacial score (nSPS) is 10.2. The summed E-state index contributed by atoms with van der Waals surface area (Å²) in [5.74, 6) is 0. The highest BCUT2D eigenvalue weighted by molar-refractivity contribution is 5.26. The molecule has 0 radical (unpaired) electrons. The van der Waals surface area contributed by atoms with Gasteiger partial charge in [-0.1, -0.05) is 30.3 Å². The molecule has 0 aliphatic rings. The van der Waals surface area contributed by atoms with Gasteiger partial charge in [0.15, 0.2) is 18.4 Å². The van der Waals surface area contributed by atoms with Gasteiger partial charge in [0.1, 0.15) is 0 Å². The number of nitro groups is 1. The molecule has 2 rings (SSSR count). The Morgan fingerprint density at radius 1 is 1.24 bits per heavy atom. The van der Waals surface area contributed by atoms with Crippen LogP contribution < -0.4 is 4.57 Å². The third kappa shape index (κ3) is 2.66. The highest BCUT2D eigenvalue weighted by Crippen LogP contribution is 2.09. The molecule has 86 valence electrons. The summed E-state index contributed by atoms with van der Waals surface area (Å²) in [6.45, 7) is 2.60. The summed E-state index contributed by atoms with van der Waals surface area (Å²) in [6.07, 6.45) is 1.75. The predicted molar refractivity (Wildman–Crippen MR) is 63.6 cm³/mol. The number of aromatic nitrogens is 1. The van der Waals surface area contributed by atoms with E-state index in [9.17, 15) is 10.1 Å². The van der Waals surface area contributed by atoms with Crippen LogP contribution in [0.1, 0.15) is 11.3 Å². The molecule has 1 aromatic carbocycles. The first-order valence-corrected chi connectivity index (χ1v) is 5.35. The molecular weight excluding hydrogens is 216 g/mol. The zero-order chi connectivity index (χ0) is 12.3. The molecule has 1 heterocycles. The molecular formula is C13H13N2O2+. The van der Waals surface area contributed by atoms with E-state index in [0.717, 1.165) is 12.2 Å². The van der Waals surface area contributed by atoms with Crippen LogP contribution in [0.15, 0.2) is 48.7 Å². The molecule has 0 fully saturated rings. The van der Waals surface area contributed by atoms with Crippen molar-refractivity contribution in [2.45, 2.75) is 13.5 Å². The Hall–Kier alpha value is -2.23. The second-order valence-corrected chi connectivity index (χ2v) is 3.90. The molecule has 1 aromatic heterocycles. The second kappa shape index (κ2) is 4.74. The summed E-state index contributed by atoms with van der Waals surface area (Å²) in [7, 11) is 0. The largest absolute Gasteiger partial charge is 0.281 e. The third-order valence-corrected chi connectivity index (χ3v) is 2.64. The molecule has 0 aliphatic heterocycles. The first kappa shape index (κ1) is 11.3. The minimum Gasteiger partial charge on any atom is -0.258 e. The Balaban J connectivity index is 2.26. The molecule has 0 N–H and O–H groups in total. The smallest absolute Gasteiger partial charge is 0.258 e. The van der Waals surface area contributed by atoms with E-state index in [0.29, 0.717) is 0 Å². The average Bonchev–Trinajstić information content (AvgIpc) is 2.33. The molecule has 0 spiro atoms. The highest BCUT2D eigenvalue weighted by Gasteiger charge is 2.13. The second-order valence-electron chi connectivity index (χ2n) is 3.90. The number of aryl methyl sites for hydroxylation is 1. The predicted octanol–water partition coefficient (Wildman–Crippen LogP) is 2.24. The molecule has 4 heteroatoms. The molecule has 0 saturated carbocycles. The van der Waals surface area contributed by atoms with E-state index in [1.807, 2.05) is 41.8 Å². The van der Waals surface area contributed by atoms with Gasteiger partial charge in [-0.05, 0) is 0 Å². The van der Waals surface area contributed by atoms with Gasteiger partial charge in [-0.25, -0.2) is 0 Å². The number of benzene rings is 1. The fourth-order valence-electron chi connectivity index (χ4n) is 1.70. The van der Waals surface area contributed by atoms with Crippen molar-refractivity contribution in [1.82, 2.24) is 0 Å². The lowest BCUT2D eigenvalue weighted by Crippen LogP contribution is -2.37. The first-order valence-electron chi connectivity index (χ1n) is 5.35. The maximum atomic E-state index is 10.6. The van der Waals surface area contributed by atoms with Crippen LogP contribution >= 0.6 is 0 Å². The van der Waals surface area contributed by atoms with Gasteiger partial charge in [0, 0.05) is 12.5 Å². The van der Waals surface area contributed by atoms with Gasteiger partial charge in [0.25, 0.3) is 5.69 Å². The Bertz CT molecular complexity index is 538. The zero-order valence-electron chi connectivity index (χ0n) is 9.54. The monoisotopic (exact) mass is 229 g/mol. The van der Waals surface area contributed by atoms with E-state index in [-0.39, 0.29) is 10.6 Å². The molecule has 0 amide bonds. The van der Waals surface area contributed by atoms with Gasteiger partial charge in [0.05, 0.1) is 17.1 Å². The van der Waals surface area contributed by atoms with Crippen molar-refractivity contribution in [2.75, 3.05) is 0 Å². The van der Waals surface area contributed by atoms with Gasteiger partial charge < -0.3 is 0 Å². The van der Waals surface area contributed by atoms with Crippen LogP contribution in [0.5, 0.6) is 0 Å². The highest BCUT2D eigenvalue weighted by atomic mass is 16.6. The third-order valence-electron chi connectivity index (χ3n) is 2.64. The van der Waals surface area contributed by atoms with Crippen molar-refractivity contribution in [2.24, 2.45) is 0 Å². The summed E-state index contributed by atoms with van der Waals surface area (Å²) in [5, 5.41) is 10.6. The van der Waals surface area contributed by atoms with Gasteiger partial charge in [-0.3, -0.25) is 10.1 Å². The van der Waals surface area contributed by atoms with Crippen molar-refractivity contribution < 1.29 is 9.49 Å². The van der Waals surface area contributed by atoms with Crippen molar-refractivity contribution in [3.8, 4) is 0 Å². The van der Waals surface area contributed by atoms with Gasteiger partial charge in [-0.15, -0.1) is 0 Å². The summed E-state index contributed by atoms with van der Waals surface area (Å²) < 4.78 is 1.99. The Morgan fingerprint density at radius 2 is 1.94 bits per heavy atom.